The van der Waals surface area contributed by atoms with Crippen molar-refractivity contribution in [3.8, 4) is 0 Å². The molecule has 0 fully saturated rings. The van der Waals surface area contributed by atoms with Crippen molar-refractivity contribution in [2.75, 3.05) is 11.5 Å². The summed E-state index contributed by atoms with van der Waals surface area (Å²) in [5.41, 5.74) is 16.4. The maximum absolute atomic E-state index is 5.96. The summed E-state index contributed by atoms with van der Waals surface area (Å²) < 4.78 is 0. The van der Waals surface area contributed by atoms with Gasteiger partial charge in [0, 0.05) is 16.9 Å². The highest BCUT2D eigenvalue weighted by molar-refractivity contribution is 5.79. The average Bonchev–Trinajstić information content (AvgIpc) is 2.29. The lowest BCUT2D eigenvalue weighted by atomic mass is 10.0. The van der Waals surface area contributed by atoms with Gasteiger partial charge in [0.1, 0.15) is 0 Å². The standard InChI is InChI=1S/C15H16N2/c1-11-9-13(16)10-15(17)14(11)8-7-12-5-3-2-4-6-12/h2-10H,16-17H2,1H3. The predicted octanol–water partition coefficient (Wildman–Crippen LogP) is 3.33. The molecular formula is C15H16N2. The van der Waals surface area contributed by atoms with E-state index in [1.165, 1.54) is 0 Å². The summed E-state index contributed by atoms with van der Waals surface area (Å²) in [6.07, 6.45) is 4.08. The van der Waals surface area contributed by atoms with E-state index in [0.29, 0.717) is 5.69 Å². The van der Waals surface area contributed by atoms with Crippen LogP contribution in [0.25, 0.3) is 12.2 Å². The van der Waals surface area contributed by atoms with E-state index in [9.17, 15) is 0 Å². The number of nitrogens with two attached hydrogens (primary N) is 2. The van der Waals surface area contributed by atoms with E-state index in [-0.39, 0.29) is 0 Å². The van der Waals surface area contributed by atoms with Crippen molar-refractivity contribution < 1.29 is 0 Å². The van der Waals surface area contributed by atoms with Gasteiger partial charge in [-0.2, -0.15) is 0 Å². The molecule has 2 heteroatoms. The van der Waals surface area contributed by atoms with Gasteiger partial charge in [0.25, 0.3) is 0 Å². The van der Waals surface area contributed by atoms with Crippen LogP contribution in [0, 0.1) is 6.92 Å². The van der Waals surface area contributed by atoms with Crippen LogP contribution in [0.5, 0.6) is 0 Å². The fourth-order valence-electron chi connectivity index (χ4n) is 1.83. The van der Waals surface area contributed by atoms with Crippen LogP contribution in [0.15, 0.2) is 42.5 Å². The Bertz CT molecular complexity index is 519. The van der Waals surface area contributed by atoms with E-state index in [4.69, 9.17) is 11.5 Å². The third kappa shape index (κ3) is 2.67. The Morgan fingerprint density at radius 1 is 0.941 bits per heavy atom. The summed E-state index contributed by atoms with van der Waals surface area (Å²) in [4.78, 5) is 0. The molecular weight excluding hydrogens is 208 g/mol. The monoisotopic (exact) mass is 224 g/mol. The van der Waals surface area contributed by atoms with Crippen molar-refractivity contribution in [2.45, 2.75) is 6.92 Å². The summed E-state index contributed by atoms with van der Waals surface area (Å²) in [5, 5.41) is 0. The molecule has 0 saturated carbocycles. The SMILES string of the molecule is Cc1cc(N)cc(N)c1C=Cc1ccccc1. The summed E-state index contributed by atoms with van der Waals surface area (Å²) in [7, 11) is 0. The Balaban J connectivity index is 2.34. The molecule has 2 nitrogen and oxygen atoms in total. The highest BCUT2D eigenvalue weighted by Gasteiger charge is 2.00. The van der Waals surface area contributed by atoms with Gasteiger partial charge in [-0.25, -0.2) is 0 Å². The third-order valence-corrected chi connectivity index (χ3v) is 2.68. The van der Waals surface area contributed by atoms with E-state index in [2.05, 4.69) is 18.2 Å². The zero-order valence-electron chi connectivity index (χ0n) is 9.85. The Morgan fingerprint density at radius 3 is 2.29 bits per heavy atom. The quantitative estimate of drug-likeness (QED) is 0.607. The number of benzene rings is 2. The molecule has 86 valence electrons. The van der Waals surface area contributed by atoms with Crippen molar-refractivity contribution in [3.05, 3.63) is 59.2 Å². The summed E-state index contributed by atoms with van der Waals surface area (Å²) in [6.45, 7) is 2.01. The highest BCUT2D eigenvalue weighted by Crippen LogP contribution is 2.23. The molecule has 0 radical (unpaired) electrons. The minimum Gasteiger partial charge on any atom is -0.399 e. The molecule has 0 amide bonds. The Hall–Kier alpha value is -2.22. The second-order valence-electron chi connectivity index (χ2n) is 4.08. The molecule has 0 unspecified atom stereocenters. The predicted molar refractivity (Wildman–Crippen MR) is 75.4 cm³/mol. The molecule has 17 heavy (non-hydrogen) atoms. The van der Waals surface area contributed by atoms with Gasteiger partial charge in [-0.3, -0.25) is 0 Å². The maximum atomic E-state index is 5.96. The fraction of sp³-hybridized carbons (Fsp3) is 0.0667. The Morgan fingerprint density at radius 2 is 1.65 bits per heavy atom. The minimum atomic E-state index is 0.705. The van der Waals surface area contributed by atoms with Gasteiger partial charge in [0.05, 0.1) is 0 Å². The van der Waals surface area contributed by atoms with Gasteiger partial charge in [-0.05, 0) is 30.2 Å². The van der Waals surface area contributed by atoms with Crippen LogP contribution in [0.3, 0.4) is 0 Å². The smallest absolute Gasteiger partial charge is 0.0410 e. The van der Waals surface area contributed by atoms with Crippen LogP contribution in [0.1, 0.15) is 16.7 Å². The molecule has 0 heterocycles. The lowest BCUT2D eigenvalue weighted by Gasteiger charge is -2.06. The van der Waals surface area contributed by atoms with Crippen molar-refractivity contribution >= 4 is 23.5 Å². The van der Waals surface area contributed by atoms with Crippen molar-refractivity contribution in [3.63, 3.8) is 0 Å². The molecule has 2 rings (SSSR count). The molecule has 0 bridgehead atoms. The minimum absolute atomic E-state index is 0.705. The van der Waals surface area contributed by atoms with E-state index in [1.54, 1.807) is 6.07 Å². The molecule has 0 saturated heterocycles. The molecule has 0 spiro atoms. The number of aryl methyl sites for hydroxylation is 1. The van der Waals surface area contributed by atoms with Crippen LogP contribution in [0.2, 0.25) is 0 Å². The van der Waals surface area contributed by atoms with E-state index in [1.807, 2.05) is 37.3 Å². The normalized spacial score (nSPS) is 10.9. The number of hydrogen-bond acceptors (Lipinski definition) is 2. The molecule has 2 aromatic rings. The summed E-state index contributed by atoms with van der Waals surface area (Å²) >= 11 is 0. The Kier molecular flexibility index (Phi) is 3.15. The third-order valence-electron chi connectivity index (χ3n) is 2.68. The Labute approximate surface area is 102 Å². The molecule has 0 atom stereocenters. The lowest BCUT2D eigenvalue weighted by Crippen LogP contribution is -1.95. The largest absolute Gasteiger partial charge is 0.399 e. The number of rotatable bonds is 2. The second kappa shape index (κ2) is 4.74. The molecule has 4 N–H and O–H groups in total. The van der Waals surface area contributed by atoms with Gasteiger partial charge in [0.15, 0.2) is 0 Å². The van der Waals surface area contributed by atoms with E-state index >= 15 is 0 Å². The van der Waals surface area contributed by atoms with Crippen molar-refractivity contribution in [1.29, 1.82) is 0 Å². The topological polar surface area (TPSA) is 52.0 Å². The van der Waals surface area contributed by atoms with E-state index in [0.717, 1.165) is 22.4 Å². The van der Waals surface area contributed by atoms with Crippen LogP contribution in [0.4, 0.5) is 11.4 Å². The van der Waals surface area contributed by atoms with Crippen molar-refractivity contribution in [2.24, 2.45) is 0 Å². The van der Waals surface area contributed by atoms with E-state index < -0.39 is 0 Å². The summed E-state index contributed by atoms with van der Waals surface area (Å²) in [6, 6.07) is 13.9. The first-order valence-electron chi connectivity index (χ1n) is 5.55. The average molecular weight is 224 g/mol. The first kappa shape index (κ1) is 11.3. The zero-order valence-corrected chi connectivity index (χ0v) is 9.85. The van der Waals surface area contributed by atoms with Gasteiger partial charge >= 0.3 is 0 Å². The molecule has 2 aromatic carbocycles. The maximum Gasteiger partial charge on any atom is 0.0410 e. The van der Waals surface area contributed by atoms with Crippen LogP contribution in [-0.2, 0) is 0 Å². The molecule has 0 aliphatic carbocycles. The molecule has 0 aliphatic heterocycles. The lowest BCUT2D eigenvalue weighted by molar-refractivity contribution is 1.45. The van der Waals surface area contributed by atoms with Gasteiger partial charge < -0.3 is 11.5 Å². The fourth-order valence-corrected chi connectivity index (χ4v) is 1.83. The molecule has 0 aromatic heterocycles. The zero-order chi connectivity index (χ0) is 12.3. The van der Waals surface area contributed by atoms with Gasteiger partial charge in [-0.1, -0.05) is 42.5 Å². The first-order valence-corrected chi connectivity index (χ1v) is 5.55. The number of hydrogen-bond donors (Lipinski definition) is 2. The van der Waals surface area contributed by atoms with Crippen LogP contribution < -0.4 is 11.5 Å². The molecule has 0 aliphatic rings. The highest BCUT2D eigenvalue weighted by atomic mass is 14.6. The first-order chi connectivity index (χ1) is 8.16. The summed E-state index contributed by atoms with van der Waals surface area (Å²) in [5.74, 6) is 0. The van der Waals surface area contributed by atoms with Crippen LogP contribution >= 0.6 is 0 Å². The van der Waals surface area contributed by atoms with Gasteiger partial charge in [0.2, 0.25) is 0 Å². The van der Waals surface area contributed by atoms with Gasteiger partial charge in [-0.15, -0.1) is 0 Å². The van der Waals surface area contributed by atoms with Crippen molar-refractivity contribution in [1.82, 2.24) is 0 Å². The second-order valence-corrected chi connectivity index (χ2v) is 4.08. The number of anilines is 2. The number of nitrogen functional groups attached to an aromatic ring is 2. The van der Waals surface area contributed by atoms with Crippen LogP contribution in [-0.4, -0.2) is 0 Å².